The maximum absolute atomic E-state index is 12.2. The van der Waals surface area contributed by atoms with Crippen molar-refractivity contribution in [3.8, 4) is 6.07 Å². The molecule has 1 aromatic carbocycles. The molecule has 0 amide bonds. The van der Waals surface area contributed by atoms with Crippen LogP contribution in [-0.4, -0.2) is 12.1 Å². The summed E-state index contributed by atoms with van der Waals surface area (Å²) in [6, 6.07) is 8.28. The van der Waals surface area contributed by atoms with Gasteiger partial charge < -0.3 is 5.32 Å². The molecule has 1 rings (SSSR count). The highest BCUT2D eigenvalue weighted by Crippen LogP contribution is 2.37. The van der Waals surface area contributed by atoms with E-state index in [1.807, 2.05) is 13.8 Å². The van der Waals surface area contributed by atoms with Gasteiger partial charge in [-0.05, 0) is 47.9 Å². The third-order valence-electron chi connectivity index (χ3n) is 2.77. The molecular formula is C14H17F3N2S. The normalized spacial score (nSPS) is 12.0. The molecule has 110 valence electrons. The zero-order valence-electron chi connectivity index (χ0n) is 11.4. The monoisotopic (exact) mass is 302 g/mol. The molecule has 1 N–H and O–H groups in total. The summed E-state index contributed by atoms with van der Waals surface area (Å²) in [5.41, 5.74) is -3.51. The Balaban J connectivity index is 2.52. The van der Waals surface area contributed by atoms with Crippen LogP contribution < -0.4 is 5.32 Å². The summed E-state index contributed by atoms with van der Waals surface area (Å²) in [7, 11) is 0. The SMILES string of the molecule is CC(C)(CCC#N)CNc1ccc(SC(F)(F)F)cc1. The highest BCUT2D eigenvalue weighted by Gasteiger charge is 2.29. The second-order valence-corrected chi connectivity index (χ2v) is 6.39. The molecule has 0 spiro atoms. The van der Waals surface area contributed by atoms with Gasteiger partial charge in [-0.15, -0.1) is 0 Å². The van der Waals surface area contributed by atoms with Gasteiger partial charge in [-0.2, -0.15) is 18.4 Å². The first-order valence-corrected chi connectivity index (χ1v) is 7.00. The van der Waals surface area contributed by atoms with Crippen LogP contribution in [0.1, 0.15) is 26.7 Å². The van der Waals surface area contributed by atoms with Crippen LogP contribution in [0.3, 0.4) is 0 Å². The van der Waals surface area contributed by atoms with Gasteiger partial charge >= 0.3 is 5.51 Å². The Bertz CT molecular complexity index is 461. The number of nitrogens with zero attached hydrogens (tertiary/aromatic N) is 1. The topological polar surface area (TPSA) is 35.8 Å². The summed E-state index contributed by atoms with van der Waals surface area (Å²) < 4.78 is 36.6. The van der Waals surface area contributed by atoms with Crippen LogP contribution in [0.4, 0.5) is 18.9 Å². The molecule has 0 aliphatic heterocycles. The lowest BCUT2D eigenvalue weighted by Crippen LogP contribution is -2.22. The second kappa shape index (κ2) is 6.89. The van der Waals surface area contributed by atoms with E-state index >= 15 is 0 Å². The summed E-state index contributed by atoms with van der Waals surface area (Å²) in [4.78, 5) is 0.173. The maximum Gasteiger partial charge on any atom is 0.446 e. The quantitative estimate of drug-likeness (QED) is 0.748. The zero-order valence-corrected chi connectivity index (χ0v) is 12.2. The Hall–Kier alpha value is -1.35. The standard InChI is InChI=1S/C14H17F3N2S/c1-13(2,8-3-9-18)10-19-11-4-6-12(7-5-11)20-14(15,16)17/h4-7,19H,3,8,10H2,1-2H3. The van der Waals surface area contributed by atoms with Gasteiger partial charge in [0.15, 0.2) is 0 Å². The average molecular weight is 302 g/mol. The number of halogens is 3. The highest BCUT2D eigenvalue weighted by atomic mass is 32.2. The number of alkyl halides is 3. The predicted octanol–water partition coefficient (Wildman–Crippen LogP) is 5.04. The van der Waals surface area contributed by atoms with E-state index in [0.717, 1.165) is 12.1 Å². The molecule has 0 aromatic heterocycles. The van der Waals surface area contributed by atoms with Crippen molar-refractivity contribution in [1.82, 2.24) is 0 Å². The van der Waals surface area contributed by atoms with E-state index in [1.54, 1.807) is 12.1 Å². The summed E-state index contributed by atoms with van der Waals surface area (Å²) >= 11 is -0.120. The molecule has 0 saturated carbocycles. The van der Waals surface area contributed by atoms with Crippen LogP contribution in [0, 0.1) is 16.7 Å². The van der Waals surface area contributed by atoms with Gasteiger partial charge in [0.25, 0.3) is 0 Å². The minimum absolute atomic E-state index is 0.0326. The molecular weight excluding hydrogens is 285 g/mol. The summed E-state index contributed by atoms with van der Waals surface area (Å²) in [6.07, 6.45) is 1.27. The van der Waals surface area contributed by atoms with Crippen LogP contribution in [0.15, 0.2) is 29.2 Å². The van der Waals surface area contributed by atoms with Crippen molar-refractivity contribution < 1.29 is 13.2 Å². The van der Waals surface area contributed by atoms with Crippen LogP contribution >= 0.6 is 11.8 Å². The molecule has 0 aliphatic rings. The first-order chi connectivity index (χ1) is 9.22. The third kappa shape index (κ3) is 6.71. The molecule has 0 bridgehead atoms. The predicted molar refractivity (Wildman–Crippen MR) is 75.5 cm³/mol. The number of rotatable bonds is 6. The molecule has 6 heteroatoms. The minimum atomic E-state index is -4.26. The van der Waals surface area contributed by atoms with Gasteiger partial charge in [0.05, 0.1) is 6.07 Å². The highest BCUT2D eigenvalue weighted by molar-refractivity contribution is 8.00. The fourth-order valence-electron chi connectivity index (χ4n) is 1.60. The van der Waals surface area contributed by atoms with E-state index in [-0.39, 0.29) is 22.1 Å². The molecule has 0 aliphatic carbocycles. The zero-order chi connectivity index (χ0) is 15.2. The Kier molecular flexibility index (Phi) is 5.75. The van der Waals surface area contributed by atoms with Crippen molar-refractivity contribution in [3.05, 3.63) is 24.3 Å². The van der Waals surface area contributed by atoms with Gasteiger partial charge in [-0.3, -0.25) is 0 Å². The lowest BCUT2D eigenvalue weighted by atomic mass is 9.88. The van der Waals surface area contributed by atoms with Crippen molar-refractivity contribution >= 4 is 17.4 Å². The number of hydrogen-bond acceptors (Lipinski definition) is 3. The maximum atomic E-state index is 12.2. The lowest BCUT2D eigenvalue weighted by molar-refractivity contribution is -0.0328. The molecule has 0 fully saturated rings. The van der Waals surface area contributed by atoms with E-state index in [1.165, 1.54) is 12.1 Å². The fraction of sp³-hybridized carbons (Fsp3) is 0.500. The molecule has 0 saturated heterocycles. The Morgan fingerprint density at radius 2 is 1.80 bits per heavy atom. The van der Waals surface area contributed by atoms with Crippen LogP contribution in [0.25, 0.3) is 0 Å². The first-order valence-electron chi connectivity index (χ1n) is 6.18. The molecule has 0 heterocycles. The number of thioether (sulfide) groups is 1. The molecule has 0 radical (unpaired) electrons. The summed E-state index contributed by atoms with van der Waals surface area (Å²) in [6.45, 7) is 4.76. The number of benzene rings is 1. The molecule has 2 nitrogen and oxygen atoms in total. The number of hydrogen-bond donors (Lipinski definition) is 1. The van der Waals surface area contributed by atoms with Gasteiger partial charge in [0.1, 0.15) is 0 Å². The summed E-state index contributed by atoms with van der Waals surface area (Å²) in [5.74, 6) is 0. The van der Waals surface area contributed by atoms with E-state index in [4.69, 9.17) is 5.26 Å². The van der Waals surface area contributed by atoms with Crippen LogP contribution in [0.5, 0.6) is 0 Å². The molecule has 20 heavy (non-hydrogen) atoms. The van der Waals surface area contributed by atoms with Crippen molar-refractivity contribution in [1.29, 1.82) is 5.26 Å². The Morgan fingerprint density at radius 1 is 1.20 bits per heavy atom. The van der Waals surface area contributed by atoms with Crippen molar-refractivity contribution in [2.24, 2.45) is 5.41 Å². The van der Waals surface area contributed by atoms with Crippen LogP contribution in [-0.2, 0) is 0 Å². The lowest BCUT2D eigenvalue weighted by Gasteiger charge is -2.24. The molecule has 0 atom stereocenters. The van der Waals surface area contributed by atoms with E-state index < -0.39 is 5.51 Å². The van der Waals surface area contributed by atoms with Gasteiger partial charge in [0.2, 0.25) is 0 Å². The number of nitrogens with one attached hydrogen (secondary N) is 1. The largest absolute Gasteiger partial charge is 0.446 e. The van der Waals surface area contributed by atoms with Crippen molar-refractivity contribution in [3.63, 3.8) is 0 Å². The molecule has 0 unspecified atom stereocenters. The van der Waals surface area contributed by atoms with E-state index in [0.29, 0.717) is 13.0 Å². The number of anilines is 1. The van der Waals surface area contributed by atoms with Crippen molar-refractivity contribution in [2.75, 3.05) is 11.9 Å². The van der Waals surface area contributed by atoms with E-state index in [2.05, 4.69) is 11.4 Å². The Labute approximate surface area is 121 Å². The van der Waals surface area contributed by atoms with Crippen LogP contribution in [0.2, 0.25) is 0 Å². The number of nitriles is 1. The fourth-order valence-corrected chi connectivity index (χ4v) is 2.14. The van der Waals surface area contributed by atoms with Gasteiger partial charge in [-0.25, -0.2) is 0 Å². The second-order valence-electron chi connectivity index (χ2n) is 5.25. The van der Waals surface area contributed by atoms with E-state index in [9.17, 15) is 13.2 Å². The first kappa shape index (κ1) is 16.7. The van der Waals surface area contributed by atoms with Gasteiger partial charge in [0, 0.05) is 23.5 Å². The minimum Gasteiger partial charge on any atom is -0.385 e. The van der Waals surface area contributed by atoms with Crippen molar-refractivity contribution in [2.45, 2.75) is 37.1 Å². The third-order valence-corrected chi connectivity index (χ3v) is 3.51. The smallest absolute Gasteiger partial charge is 0.385 e. The Morgan fingerprint density at radius 3 is 2.30 bits per heavy atom. The summed E-state index contributed by atoms with van der Waals surface area (Å²) in [5, 5.41) is 11.8. The van der Waals surface area contributed by atoms with Gasteiger partial charge in [-0.1, -0.05) is 13.8 Å². The molecule has 1 aromatic rings. The average Bonchev–Trinajstić information content (AvgIpc) is 2.34.